The molecule has 0 aliphatic heterocycles. The number of rotatable bonds is 6. The Kier molecular flexibility index (Phi) is 5.99. The molecule has 138 valence electrons. The van der Waals surface area contributed by atoms with E-state index < -0.39 is 21.9 Å². The number of hydrogen-bond acceptors (Lipinski definition) is 4. The van der Waals surface area contributed by atoms with Gasteiger partial charge in [0.05, 0.1) is 17.4 Å². The third-order valence-electron chi connectivity index (χ3n) is 3.82. The first-order chi connectivity index (χ1) is 12.2. The Hall–Kier alpha value is -2.87. The number of amides is 3. The minimum absolute atomic E-state index is 0.0461. The molecule has 2 rings (SSSR count). The lowest BCUT2D eigenvalue weighted by atomic mass is 10.0. The van der Waals surface area contributed by atoms with Crippen LogP contribution in [0.5, 0.6) is 0 Å². The molecule has 0 saturated heterocycles. The maximum absolute atomic E-state index is 12.4. The van der Waals surface area contributed by atoms with Gasteiger partial charge in [-0.05, 0) is 30.2 Å². The van der Waals surface area contributed by atoms with Crippen molar-refractivity contribution in [1.82, 2.24) is 5.32 Å². The van der Waals surface area contributed by atoms with Gasteiger partial charge in [-0.15, -0.1) is 0 Å². The minimum atomic E-state index is -3.38. The zero-order valence-corrected chi connectivity index (χ0v) is 15.3. The largest absolute Gasteiger partial charge is 0.352 e. The molecular formula is C18H21N3O4S. The Morgan fingerprint density at radius 3 is 2.35 bits per heavy atom. The molecule has 0 aliphatic carbocycles. The van der Waals surface area contributed by atoms with E-state index in [1.165, 1.54) is 12.1 Å². The van der Waals surface area contributed by atoms with Crippen molar-refractivity contribution in [2.75, 3.05) is 11.6 Å². The van der Waals surface area contributed by atoms with Gasteiger partial charge in [0, 0.05) is 11.9 Å². The zero-order valence-electron chi connectivity index (χ0n) is 14.5. The molecule has 0 heterocycles. The lowest BCUT2D eigenvalue weighted by Gasteiger charge is -2.18. The first-order valence-electron chi connectivity index (χ1n) is 7.88. The molecule has 0 radical (unpaired) electrons. The summed E-state index contributed by atoms with van der Waals surface area (Å²) < 4.78 is 23.4. The molecule has 2 aromatic carbocycles. The normalized spacial score (nSPS) is 12.2. The Morgan fingerprint density at radius 1 is 1.12 bits per heavy atom. The van der Waals surface area contributed by atoms with E-state index in [1.54, 1.807) is 37.3 Å². The van der Waals surface area contributed by atoms with Gasteiger partial charge in [0.15, 0.2) is 9.84 Å². The molecule has 0 aliphatic rings. The number of carbonyl (C=O) groups excluding carboxylic acids is 2. The lowest BCUT2D eigenvalue weighted by molar-refractivity contribution is -0.116. The fraction of sp³-hybridized carbons (Fsp3) is 0.222. The Balaban J connectivity index is 2.19. The number of anilines is 1. The molecule has 0 aromatic heterocycles. The van der Waals surface area contributed by atoms with Crippen molar-refractivity contribution in [3.63, 3.8) is 0 Å². The predicted octanol–water partition coefficient (Wildman–Crippen LogP) is 2.14. The molecule has 26 heavy (non-hydrogen) atoms. The highest BCUT2D eigenvalue weighted by molar-refractivity contribution is 7.90. The molecule has 0 saturated carbocycles. The second-order valence-electron chi connectivity index (χ2n) is 5.97. The number of aryl methyl sites for hydroxylation is 1. The van der Waals surface area contributed by atoms with Gasteiger partial charge >= 0.3 is 6.03 Å². The van der Waals surface area contributed by atoms with E-state index in [-0.39, 0.29) is 17.2 Å². The summed E-state index contributed by atoms with van der Waals surface area (Å²) in [6.07, 6.45) is 1.06. The Morgan fingerprint density at radius 2 is 1.77 bits per heavy atom. The topological polar surface area (TPSA) is 118 Å². The molecule has 0 fully saturated rings. The number of nitrogens with two attached hydrogens (primary N) is 1. The molecule has 3 amide bonds. The van der Waals surface area contributed by atoms with Gasteiger partial charge in [-0.3, -0.25) is 4.79 Å². The van der Waals surface area contributed by atoms with E-state index in [4.69, 9.17) is 5.73 Å². The molecule has 2 aromatic rings. The summed E-state index contributed by atoms with van der Waals surface area (Å²) in [5, 5.41) is 5.25. The number of primary amides is 1. The number of benzene rings is 2. The van der Waals surface area contributed by atoms with E-state index >= 15 is 0 Å². The van der Waals surface area contributed by atoms with Gasteiger partial charge in [0.2, 0.25) is 5.91 Å². The van der Waals surface area contributed by atoms with Crippen LogP contribution in [0.15, 0.2) is 53.4 Å². The van der Waals surface area contributed by atoms with Crippen LogP contribution in [0.1, 0.15) is 23.6 Å². The van der Waals surface area contributed by atoms with Crippen LogP contribution in [0.2, 0.25) is 0 Å². The van der Waals surface area contributed by atoms with Crippen LogP contribution in [0.3, 0.4) is 0 Å². The number of carbonyl (C=O) groups is 2. The van der Waals surface area contributed by atoms with Gasteiger partial charge in [-0.2, -0.15) is 0 Å². The van der Waals surface area contributed by atoms with Crippen molar-refractivity contribution in [2.45, 2.75) is 24.3 Å². The van der Waals surface area contributed by atoms with Crippen molar-refractivity contribution in [3.8, 4) is 0 Å². The highest BCUT2D eigenvalue weighted by Gasteiger charge is 2.18. The summed E-state index contributed by atoms with van der Waals surface area (Å²) in [5.74, 6) is -0.374. The predicted molar refractivity (Wildman–Crippen MR) is 99.4 cm³/mol. The first-order valence-corrected chi connectivity index (χ1v) is 9.77. The second kappa shape index (κ2) is 8.01. The van der Waals surface area contributed by atoms with E-state index in [1.807, 2.05) is 6.07 Å². The van der Waals surface area contributed by atoms with Gasteiger partial charge in [0.25, 0.3) is 0 Å². The van der Waals surface area contributed by atoms with Crippen LogP contribution in [0.25, 0.3) is 0 Å². The molecular weight excluding hydrogens is 354 g/mol. The van der Waals surface area contributed by atoms with Gasteiger partial charge in [-0.1, -0.05) is 36.4 Å². The Bertz CT molecular complexity index is 911. The van der Waals surface area contributed by atoms with Crippen LogP contribution in [-0.2, 0) is 14.6 Å². The average molecular weight is 375 g/mol. The molecule has 8 heteroatoms. The fourth-order valence-electron chi connectivity index (χ4n) is 2.46. The maximum Gasteiger partial charge on any atom is 0.312 e. The van der Waals surface area contributed by atoms with Crippen LogP contribution in [-0.4, -0.2) is 26.6 Å². The van der Waals surface area contributed by atoms with Crippen molar-refractivity contribution < 1.29 is 18.0 Å². The standard InChI is InChI=1S/C18H21N3O4S/c1-12-8-9-14(26(2,24)25)10-15(12)20-17(22)11-16(21-18(19)23)13-6-4-3-5-7-13/h3-10,16H,11H2,1-2H3,(H,20,22)(H3,19,21,23). The maximum atomic E-state index is 12.4. The monoisotopic (exact) mass is 375 g/mol. The van der Waals surface area contributed by atoms with E-state index in [2.05, 4.69) is 10.6 Å². The molecule has 1 atom stereocenters. The smallest absolute Gasteiger partial charge is 0.312 e. The summed E-state index contributed by atoms with van der Waals surface area (Å²) in [5.41, 5.74) is 7.07. The molecule has 1 unspecified atom stereocenters. The number of urea groups is 1. The number of sulfone groups is 1. The summed E-state index contributed by atoms with van der Waals surface area (Å²) in [7, 11) is -3.38. The van der Waals surface area contributed by atoms with Crippen molar-refractivity contribution in [3.05, 3.63) is 59.7 Å². The van der Waals surface area contributed by atoms with Crippen molar-refractivity contribution in [2.24, 2.45) is 5.73 Å². The zero-order chi connectivity index (χ0) is 19.3. The van der Waals surface area contributed by atoms with Crippen LogP contribution in [0.4, 0.5) is 10.5 Å². The number of hydrogen-bond donors (Lipinski definition) is 3. The summed E-state index contributed by atoms with van der Waals surface area (Å²) >= 11 is 0. The van der Waals surface area contributed by atoms with Crippen LogP contribution < -0.4 is 16.4 Å². The average Bonchev–Trinajstić information content (AvgIpc) is 2.55. The highest BCUT2D eigenvalue weighted by Crippen LogP contribution is 2.22. The fourth-order valence-corrected chi connectivity index (χ4v) is 3.11. The van der Waals surface area contributed by atoms with Crippen LogP contribution >= 0.6 is 0 Å². The van der Waals surface area contributed by atoms with Gasteiger partial charge in [0.1, 0.15) is 0 Å². The summed E-state index contributed by atoms with van der Waals surface area (Å²) in [6.45, 7) is 1.76. The van der Waals surface area contributed by atoms with E-state index in [9.17, 15) is 18.0 Å². The highest BCUT2D eigenvalue weighted by atomic mass is 32.2. The minimum Gasteiger partial charge on any atom is -0.352 e. The molecule has 4 N–H and O–H groups in total. The third-order valence-corrected chi connectivity index (χ3v) is 4.93. The van der Waals surface area contributed by atoms with Crippen molar-refractivity contribution >= 4 is 27.5 Å². The van der Waals surface area contributed by atoms with Crippen LogP contribution in [0, 0.1) is 6.92 Å². The molecule has 7 nitrogen and oxygen atoms in total. The third kappa shape index (κ3) is 5.32. The van der Waals surface area contributed by atoms with Gasteiger partial charge in [-0.25, -0.2) is 13.2 Å². The SMILES string of the molecule is Cc1ccc(S(C)(=O)=O)cc1NC(=O)CC(NC(N)=O)c1ccccc1. The summed E-state index contributed by atoms with van der Waals surface area (Å²) in [4.78, 5) is 23.8. The Labute approximate surface area is 152 Å². The van der Waals surface area contributed by atoms with E-state index in [0.29, 0.717) is 5.69 Å². The summed E-state index contributed by atoms with van der Waals surface area (Å²) in [6, 6.07) is 12.2. The van der Waals surface area contributed by atoms with Crippen molar-refractivity contribution in [1.29, 1.82) is 0 Å². The first kappa shape index (κ1) is 19.5. The van der Waals surface area contributed by atoms with Gasteiger partial charge < -0.3 is 16.4 Å². The second-order valence-corrected chi connectivity index (χ2v) is 7.99. The number of nitrogens with one attached hydrogen (secondary N) is 2. The molecule has 0 spiro atoms. The van der Waals surface area contributed by atoms with E-state index in [0.717, 1.165) is 17.4 Å². The lowest BCUT2D eigenvalue weighted by Crippen LogP contribution is -2.35. The molecule has 0 bridgehead atoms. The quantitative estimate of drug-likeness (QED) is 0.716.